The molecule has 5 heteroatoms. The average Bonchev–Trinajstić information content (AvgIpc) is 2.63. The first-order chi connectivity index (χ1) is 7.76. The monoisotopic (exact) mass is 240 g/mol. The molecule has 16 heavy (non-hydrogen) atoms. The molecule has 0 radical (unpaired) electrons. The second kappa shape index (κ2) is 4.82. The number of hydrogen-bond donors (Lipinski definition) is 1. The molecule has 0 aliphatic rings. The number of rotatable bonds is 4. The summed E-state index contributed by atoms with van der Waals surface area (Å²) in [5, 5.41) is 9.89. The Morgan fingerprint density at radius 3 is 3.00 bits per heavy atom. The number of imidazole rings is 1. The van der Waals surface area contributed by atoms with Crippen LogP contribution in [0.4, 0.5) is 0 Å². The van der Waals surface area contributed by atoms with Crippen LogP contribution >= 0.6 is 11.6 Å². The minimum absolute atomic E-state index is 0.0873. The number of aliphatic hydroxyl groups is 1. The molecule has 1 aromatic carbocycles. The molecule has 0 bridgehead atoms. The molecule has 0 aliphatic heterocycles. The first-order valence-corrected chi connectivity index (χ1v) is 5.38. The number of hydrogen-bond acceptors (Lipinski definition) is 3. The summed E-state index contributed by atoms with van der Waals surface area (Å²) in [6, 6.07) is 5.48. The lowest BCUT2D eigenvalue weighted by Crippen LogP contribution is -2.08. The SMILES string of the molecule is COCCn1c(CO)nc2ccc(Cl)cc21. The van der Waals surface area contributed by atoms with Crippen molar-refractivity contribution < 1.29 is 9.84 Å². The quantitative estimate of drug-likeness (QED) is 0.887. The predicted molar refractivity (Wildman–Crippen MR) is 62.5 cm³/mol. The molecular formula is C11H13ClN2O2. The van der Waals surface area contributed by atoms with Gasteiger partial charge in [-0.25, -0.2) is 4.98 Å². The molecule has 1 aromatic heterocycles. The molecule has 2 aromatic rings. The van der Waals surface area contributed by atoms with Crippen molar-refractivity contribution in [3.63, 3.8) is 0 Å². The minimum atomic E-state index is -0.0873. The zero-order chi connectivity index (χ0) is 11.5. The van der Waals surface area contributed by atoms with Gasteiger partial charge in [0.05, 0.1) is 17.6 Å². The van der Waals surface area contributed by atoms with Crippen LogP contribution < -0.4 is 0 Å². The smallest absolute Gasteiger partial charge is 0.135 e. The standard InChI is InChI=1S/C11H13ClN2O2/c1-16-5-4-14-10-6-8(12)2-3-9(10)13-11(14)7-15/h2-3,6,15H,4-5,7H2,1H3. The van der Waals surface area contributed by atoms with Crippen molar-refractivity contribution >= 4 is 22.6 Å². The van der Waals surface area contributed by atoms with Crippen molar-refractivity contribution in [3.8, 4) is 0 Å². The number of nitrogens with zero attached hydrogens (tertiary/aromatic N) is 2. The van der Waals surface area contributed by atoms with Crippen LogP contribution in [0, 0.1) is 0 Å². The van der Waals surface area contributed by atoms with Gasteiger partial charge in [0, 0.05) is 18.7 Å². The van der Waals surface area contributed by atoms with Crippen LogP contribution in [-0.4, -0.2) is 28.4 Å². The Balaban J connectivity index is 2.52. The second-order valence-electron chi connectivity index (χ2n) is 3.46. The van der Waals surface area contributed by atoms with Crippen molar-refractivity contribution in [2.24, 2.45) is 0 Å². The Morgan fingerprint density at radius 1 is 1.50 bits per heavy atom. The second-order valence-corrected chi connectivity index (χ2v) is 3.90. The van der Waals surface area contributed by atoms with Crippen molar-refractivity contribution in [2.45, 2.75) is 13.2 Å². The van der Waals surface area contributed by atoms with Crippen LogP contribution in [0.1, 0.15) is 5.82 Å². The molecule has 1 heterocycles. The van der Waals surface area contributed by atoms with E-state index in [2.05, 4.69) is 4.98 Å². The molecule has 86 valence electrons. The summed E-state index contributed by atoms with van der Waals surface area (Å²) >= 11 is 5.94. The van der Waals surface area contributed by atoms with Gasteiger partial charge in [-0.2, -0.15) is 0 Å². The molecule has 0 aliphatic carbocycles. The number of benzene rings is 1. The molecule has 1 N–H and O–H groups in total. The fraction of sp³-hybridized carbons (Fsp3) is 0.364. The van der Waals surface area contributed by atoms with Crippen LogP contribution in [0.3, 0.4) is 0 Å². The van der Waals surface area contributed by atoms with E-state index in [-0.39, 0.29) is 6.61 Å². The third kappa shape index (κ3) is 2.04. The maximum Gasteiger partial charge on any atom is 0.135 e. The van der Waals surface area contributed by atoms with E-state index in [1.165, 1.54) is 0 Å². The van der Waals surface area contributed by atoms with Gasteiger partial charge in [0.1, 0.15) is 12.4 Å². The summed E-state index contributed by atoms with van der Waals surface area (Å²) in [5.74, 6) is 0.634. The van der Waals surface area contributed by atoms with E-state index < -0.39 is 0 Å². The maximum absolute atomic E-state index is 9.23. The molecule has 0 saturated carbocycles. The van der Waals surface area contributed by atoms with Crippen LogP contribution in [0.5, 0.6) is 0 Å². The zero-order valence-corrected chi connectivity index (χ0v) is 9.74. The van der Waals surface area contributed by atoms with E-state index >= 15 is 0 Å². The summed E-state index contributed by atoms with van der Waals surface area (Å²) in [7, 11) is 1.64. The number of halogens is 1. The largest absolute Gasteiger partial charge is 0.388 e. The van der Waals surface area contributed by atoms with Crippen LogP contribution in [0.15, 0.2) is 18.2 Å². The normalized spacial score (nSPS) is 11.2. The highest BCUT2D eigenvalue weighted by Gasteiger charge is 2.09. The van der Waals surface area contributed by atoms with Crippen molar-refractivity contribution in [3.05, 3.63) is 29.0 Å². The molecule has 0 fully saturated rings. The van der Waals surface area contributed by atoms with Gasteiger partial charge in [-0.15, -0.1) is 0 Å². The van der Waals surface area contributed by atoms with Crippen molar-refractivity contribution in [1.82, 2.24) is 9.55 Å². The highest BCUT2D eigenvalue weighted by molar-refractivity contribution is 6.31. The van der Waals surface area contributed by atoms with Gasteiger partial charge >= 0.3 is 0 Å². The van der Waals surface area contributed by atoms with Crippen LogP contribution in [0.25, 0.3) is 11.0 Å². The highest BCUT2D eigenvalue weighted by Crippen LogP contribution is 2.20. The molecule has 0 atom stereocenters. The van der Waals surface area contributed by atoms with Crippen molar-refractivity contribution in [1.29, 1.82) is 0 Å². The van der Waals surface area contributed by atoms with E-state index in [1.807, 2.05) is 16.7 Å². The Labute approximate surface area is 98.4 Å². The lowest BCUT2D eigenvalue weighted by molar-refractivity contribution is 0.184. The summed E-state index contributed by atoms with van der Waals surface area (Å²) in [4.78, 5) is 4.32. The third-order valence-corrected chi connectivity index (χ3v) is 2.68. The van der Waals surface area contributed by atoms with Crippen molar-refractivity contribution in [2.75, 3.05) is 13.7 Å². The van der Waals surface area contributed by atoms with Gasteiger partial charge in [-0.05, 0) is 18.2 Å². The van der Waals surface area contributed by atoms with E-state index in [0.29, 0.717) is 24.0 Å². The Bertz CT molecular complexity index is 496. The van der Waals surface area contributed by atoms with E-state index in [0.717, 1.165) is 11.0 Å². The molecular weight excluding hydrogens is 228 g/mol. The maximum atomic E-state index is 9.23. The van der Waals surface area contributed by atoms with Crippen LogP contribution in [-0.2, 0) is 17.9 Å². The fourth-order valence-electron chi connectivity index (χ4n) is 1.70. The number of fused-ring (bicyclic) bond motifs is 1. The Hall–Kier alpha value is -1.10. The summed E-state index contributed by atoms with van der Waals surface area (Å²) in [5.41, 5.74) is 1.76. The molecule has 0 saturated heterocycles. The highest BCUT2D eigenvalue weighted by atomic mass is 35.5. The molecule has 2 rings (SSSR count). The fourth-order valence-corrected chi connectivity index (χ4v) is 1.86. The van der Waals surface area contributed by atoms with Gasteiger partial charge in [-0.1, -0.05) is 11.6 Å². The lowest BCUT2D eigenvalue weighted by Gasteiger charge is -2.06. The van der Waals surface area contributed by atoms with Gasteiger partial charge < -0.3 is 14.4 Å². The van der Waals surface area contributed by atoms with Gasteiger partial charge in [0.2, 0.25) is 0 Å². The summed E-state index contributed by atoms with van der Waals surface area (Å²) < 4.78 is 6.95. The van der Waals surface area contributed by atoms with E-state index in [1.54, 1.807) is 13.2 Å². The van der Waals surface area contributed by atoms with Crippen LogP contribution in [0.2, 0.25) is 5.02 Å². The number of methoxy groups -OCH3 is 1. The first kappa shape index (κ1) is 11.4. The predicted octanol–water partition coefficient (Wildman–Crippen LogP) is 1.83. The number of aromatic nitrogens is 2. The third-order valence-electron chi connectivity index (χ3n) is 2.45. The Morgan fingerprint density at radius 2 is 2.31 bits per heavy atom. The first-order valence-electron chi connectivity index (χ1n) is 5.00. The molecule has 4 nitrogen and oxygen atoms in total. The molecule has 0 amide bonds. The summed E-state index contributed by atoms with van der Waals surface area (Å²) in [6.45, 7) is 1.14. The van der Waals surface area contributed by atoms with Gasteiger partial charge in [0.15, 0.2) is 0 Å². The Kier molecular flexibility index (Phi) is 3.43. The van der Waals surface area contributed by atoms with Gasteiger partial charge in [0.25, 0.3) is 0 Å². The minimum Gasteiger partial charge on any atom is -0.388 e. The molecule has 0 spiro atoms. The zero-order valence-electron chi connectivity index (χ0n) is 8.98. The number of aliphatic hydroxyl groups excluding tert-OH is 1. The lowest BCUT2D eigenvalue weighted by atomic mass is 10.3. The summed E-state index contributed by atoms with van der Waals surface area (Å²) in [6.07, 6.45) is 0. The van der Waals surface area contributed by atoms with E-state index in [4.69, 9.17) is 16.3 Å². The number of ether oxygens (including phenoxy) is 1. The van der Waals surface area contributed by atoms with E-state index in [9.17, 15) is 5.11 Å². The molecule has 0 unspecified atom stereocenters. The topological polar surface area (TPSA) is 47.3 Å². The van der Waals surface area contributed by atoms with Gasteiger partial charge in [-0.3, -0.25) is 0 Å². The average molecular weight is 241 g/mol.